The largest absolute Gasteiger partial charge is 0.493 e. The van der Waals surface area contributed by atoms with Crippen LogP contribution < -0.4 is 15.4 Å². The topological polar surface area (TPSA) is 67.8 Å². The lowest BCUT2D eigenvalue weighted by atomic mass is 10.1. The molecule has 168 valence electrons. The molecule has 2 aromatic rings. The SMILES string of the molecule is CN=C(NCCc1csc(C(C)C)n1)NCc1ccc(C)cc1OCCCOC.I. The van der Waals surface area contributed by atoms with Gasteiger partial charge in [-0.05, 0) is 18.6 Å². The summed E-state index contributed by atoms with van der Waals surface area (Å²) in [6, 6.07) is 6.28. The fourth-order valence-corrected chi connectivity index (χ4v) is 3.61. The summed E-state index contributed by atoms with van der Waals surface area (Å²) in [4.78, 5) is 9.00. The number of halogens is 1. The highest BCUT2D eigenvalue weighted by molar-refractivity contribution is 14.0. The van der Waals surface area contributed by atoms with Crippen LogP contribution in [0.25, 0.3) is 0 Å². The third kappa shape index (κ3) is 9.18. The maximum Gasteiger partial charge on any atom is 0.191 e. The van der Waals surface area contributed by atoms with Gasteiger partial charge in [0, 0.05) is 63.6 Å². The van der Waals surface area contributed by atoms with E-state index in [2.05, 4.69) is 65.0 Å². The average molecular weight is 547 g/mol. The van der Waals surface area contributed by atoms with Crippen LogP contribution in [0.3, 0.4) is 0 Å². The Labute approximate surface area is 201 Å². The molecule has 30 heavy (non-hydrogen) atoms. The molecule has 0 aliphatic rings. The lowest BCUT2D eigenvalue weighted by molar-refractivity contribution is 0.172. The van der Waals surface area contributed by atoms with E-state index in [1.807, 2.05) is 0 Å². The van der Waals surface area contributed by atoms with Gasteiger partial charge in [-0.2, -0.15) is 0 Å². The number of ether oxygens (including phenoxy) is 2. The van der Waals surface area contributed by atoms with E-state index in [-0.39, 0.29) is 24.0 Å². The van der Waals surface area contributed by atoms with Crippen molar-refractivity contribution < 1.29 is 9.47 Å². The number of aryl methyl sites for hydroxylation is 1. The highest BCUT2D eigenvalue weighted by Crippen LogP contribution is 2.21. The first-order valence-electron chi connectivity index (χ1n) is 10.1. The Kier molecular flexibility index (Phi) is 13.0. The first-order chi connectivity index (χ1) is 14.0. The van der Waals surface area contributed by atoms with Gasteiger partial charge in [-0.1, -0.05) is 26.0 Å². The fraction of sp³-hybridized carbons (Fsp3) is 0.545. The zero-order chi connectivity index (χ0) is 21.1. The third-order valence-electron chi connectivity index (χ3n) is 4.38. The predicted octanol–water partition coefficient (Wildman–Crippen LogP) is 4.52. The van der Waals surface area contributed by atoms with Crippen molar-refractivity contribution in [3.8, 4) is 5.75 Å². The molecule has 0 saturated heterocycles. The molecular weight excluding hydrogens is 511 g/mol. The quantitative estimate of drug-likeness (QED) is 0.188. The minimum absolute atomic E-state index is 0. The molecule has 0 unspecified atom stereocenters. The molecule has 0 amide bonds. The summed E-state index contributed by atoms with van der Waals surface area (Å²) >= 11 is 1.74. The number of thiazole rings is 1. The van der Waals surface area contributed by atoms with Crippen molar-refractivity contribution in [2.45, 2.75) is 46.1 Å². The molecule has 0 spiro atoms. The summed E-state index contributed by atoms with van der Waals surface area (Å²) in [5.41, 5.74) is 3.42. The summed E-state index contributed by atoms with van der Waals surface area (Å²) in [7, 11) is 3.49. The van der Waals surface area contributed by atoms with E-state index in [1.165, 1.54) is 10.6 Å². The first kappa shape index (κ1) is 26.6. The van der Waals surface area contributed by atoms with E-state index in [0.717, 1.165) is 42.4 Å². The number of rotatable bonds is 11. The van der Waals surface area contributed by atoms with E-state index in [0.29, 0.717) is 25.7 Å². The second kappa shape index (κ2) is 14.6. The second-order valence-corrected chi connectivity index (χ2v) is 8.13. The predicted molar refractivity (Wildman–Crippen MR) is 137 cm³/mol. The van der Waals surface area contributed by atoms with Crippen molar-refractivity contribution in [1.29, 1.82) is 0 Å². The number of hydrogen-bond acceptors (Lipinski definition) is 5. The van der Waals surface area contributed by atoms with Crippen LogP contribution in [0.4, 0.5) is 0 Å². The highest BCUT2D eigenvalue weighted by Gasteiger charge is 2.08. The molecule has 8 heteroatoms. The Morgan fingerprint density at radius 3 is 2.70 bits per heavy atom. The van der Waals surface area contributed by atoms with Gasteiger partial charge in [0.15, 0.2) is 5.96 Å². The maximum atomic E-state index is 5.96. The Hall–Kier alpha value is -1.39. The number of nitrogens with zero attached hydrogens (tertiary/aromatic N) is 2. The Morgan fingerprint density at radius 2 is 2.03 bits per heavy atom. The number of benzene rings is 1. The van der Waals surface area contributed by atoms with Gasteiger partial charge >= 0.3 is 0 Å². The second-order valence-electron chi connectivity index (χ2n) is 7.24. The molecule has 6 nitrogen and oxygen atoms in total. The van der Waals surface area contributed by atoms with Crippen LogP contribution in [0.1, 0.15) is 48.0 Å². The zero-order valence-corrected chi connectivity index (χ0v) is 21.8. The summed E-state index contributed by atoms with van der Waals surface area (Å²) in [6.45, 7) is 9.20. The number of nitrogens with one attached hydrogen (secondary N) is 2. The van der Waals surface area contributed by atoms with Crippen molar-refractivity contribution in [1.82, 2.24) is 15.6 Å². The Balaban J connectivity index is 0.00000450. The normalized spacial score (nSPS) is 11.3. The smallest absolute Gasteiger partial charge is 0.191 e. The summed E-state index contributed by atoms with van der Waals surface area (Å²) in [5, 5.41) is 10.1. The number of aromatic nitrogens is 1. The standard InChI is InChI=1S/C22H34N4O2S.HI/c1-16(2)21-26-19(15-29-21)9-10-24-22(23-4)25-14-18-8-7-17(3)13-20(18)28-12-6-11-27-5;/h7-8,13,15-16H,6,9-12,14H2,1-5H3,(H2,23,24,25);1H. The van der Waals surface area contributed by atoms with Crippen LogP contribution in [0.2, 0.25) is 0 Å². The molecule has 1 heterocycles. The minimum atomic E-state index is 0. The van der Waals surface area contributed by atoms with Crippen molar-refractivity contribution >= 4 is 41.3 Å². The van der Waals surface area contributed by atoms with Crippen molar-refractivity contribution in [3.63, 3.8) is 0 Å². The van der Waals surface area contributed by atoms with Gasteiger partial charge in [-0.15, -0.1) is 35.3 Å². The van der Waals surface area contributed by atoms with Gasteiger partial charge < -0.3 is 20.1 Å². The van der Waals surface area contributed by atoms with Crippen LogP contribution in [0.5, 0.6) is 5.75 Å². The van der Waals surface area contributed by atoms with Crippen LogP contribution in [-0.4, -0.2) is 44.9 Å². The van der Waals surface area contributed by atoms with Gasteiger partial charge in [0.25, 0.3) is 0 Å². The molecule has 1 aromatic heterocycles. The molecular formula is C22H35IN4O2S. The number of aliphatic imine (C=N–C) groups is 1. The molecule has 0 aliphatic heterocycles. The zero-order valence-electron chi connectivity index (χ0n) is 18.7. The van der Waals surface area contributed by atoms with Crippen LogP contribution >= 0.6 is 35.3 Å². The van der Waals surface area contributed by atoms with Gasteiger partial charge in [-0.25, -0.2) is 4.98 Å². The molecule has 0 atom stereocenters. The number of guanidine groups is 1. The van der Waals surface area contributed by atoms with Crippen molar-refractivity contribution in [3.05, 3.63) is 45.4 Å². The molecule has 0 fully saturated rings. The van der Waals surface area contributed by atoms with Crippen LogP contribution in [0.15, 0.2) is 28.6 Å². The lowest BCUT2D eigenvalue weighted by Crippen LogP contribution is -2.38. The Morgan fingerprint density at radius 1 is 1.23 bits per heavy atom. The van der Waals surface area contributed by atoms with Crippen LogP contribution in [0, 0.1) is 6.92 Å². The molecule has 0 aliphatic carbocycles. The summed E-state index contributed by atoms with van der Waals surface area (Å²) < 4.78 is 11.0. The Bertz CT molecular complexity index is 780. The van der Waals surface area contributed by atoms with E-state index >= 15 is 0 Å². The molecule has 2 N–H and O–H groups in total. The van der Waals surface area contributed by atoms with E-state index in [4.69, 9.17) is 9.47 Å². The minimum Gasteiger partial charge on any atom is -0.493 e. The van der Waals surface area contributed by atoms with Gasteiger partial charge in [0.1, 0.15) is 5.75 Å². The number of methoxy groups -OCH3 is 1. The molecule has 0 bridgehead atoms. The number of hydrogen-bond donors (Lipinski definition) is 2. The van der Waals surface area contributed by atoms with Gasteiger partial charge in [0.05, 0.1) is 17.3 Å². The van der Waals surface area contributed by atoms with E-state index in [1.54, 1.807) is 25.5 Å². The van der Waals surface area contributed by atoms with Gasteiger partial charge in [-0.3, -0.25) is 4.99 Å². The monoisotopic (exact) mass is 546 g/mol. The molecule has 0 radical (unpaired) electrons. The summed E-state index contributed by atoms with van der Waals surface area (Å²) in [6.07, 6.45) is 1.75. The van der Waals surface area contributed by atoms with Crippen molar-refractivity contribution in [2.75, 3.05) is 33.9 Å². The summed E-state index contributed by atoms with van der Waals surface area (Å²) in [5.74, 6) is 2.17. The molecule has 1 aromatic carbocycles. The first-order valence-corrected chi connectivity index (χ1v) is 11.0. The highest BCUT2D eigenvalue weighted by atomic mass is 127. The average Bonchev–Trinajstić information content (AvgIpc) is 3.18. The third-order valence-corrected chi connectivity index (χ3v) is 5.57. The van der Waals surface area contributed by atoms with Gasteiger partial charge in [0.2, 0.25) is 0 Å². The van der Waals surface area contributed by atoms with E-state index < -0.39 is 0 Å². The fourth-order valence-electron chi connectivity index (χ4n) is 2.74. The van der Waals surface area contributed by atoms with Crippen LogP contribution in [-0.2, 0) is 17.7 Å². The van der Waals surface area contributed by atoms with E-state index in [9.17, 15) is 0 Å². The molecule has 0 saturated carbocycles. The van der Waals surface area contributed by atoms with Crippen molar-refractivity contribution in [2.24, 2.45) is 4.99 Å². The molecule has 2 rings (SSSR count). The lowest BCUT2D eigenvalue weighted by Gasteiger charge is -2.15. The maximum absolute atomic E-state index is 5.96.